The fraction of sp³-hybridized carbons (Fsp3) is 0.765. The Labute approximate surface area is 167 Å². The standard InChI is InChI=1S/C17H31N5S.HI/c1-5-8-22-9-6-15(7-10-22)11-19-17(18-4)20-12-16-13(2)21-14(3)23-16;/h15H,5-12H2,1-4H3,(H2,18,19,20);1H. The van der Waals surface area contributed by atoms with Gasteiger partial charge in [0.15, 0.2) is 5.96 Å². The van der Waals surface area contributed by atoms with Gasteiger partial charge < -0.3 is 15.5 Å². The number of aliphatic imine (C=N–C) groups is 1. The number of rotatable bonds is 6. The second-order valence-electron chi connectivity index (χ2n) is 6.33. The van der Waals surface area contributed by atoms with Gasteiger partial charge in [-0.25, -0.2) is 4.98 Å². The Kier molecular flexibility index (Phi) is 10.1. The lowest BCUT2D eigenvalue weighted by Crippen LogP contribution is -2.42. The molecule has 2 rings (SSSR count). The Balaban J connectivity index is 0.00000288. The third kappa shape index (κ3) is 6.84. The first-order valence-electron chi connectivity index (χ1n) is 8.72. The SMILES string of the molecule is CCCN1CCC(CNC(=NC)NCc2sc(C)nc2C)CC1.I. The molecule has 0 atom stereocenters. The number of nitrogens with one attached hydrogen (secondary N) is 2. The first kappa shape index (κ1) is 21.6. The highest BCUT2D eigenvalue weighted by atomic mass is 127. The zero-order valence-electron chi connectivity index (χ0n) is 15.4. The van der Waals surface area contributed by atoms with Crippen LogP contribution in [0.15, 0.2) is 4.99 Å². The lowest BCUT2D eigenvalue weighted by molar-refractivity contribution is 0.185. The smallest absolute Gasteiger partial charge is 0.191 e. The maximum atomic E-state index is 4.47. The number of thiazole rings is 1. The fourth-order valence-electron chi connectivity index (χ4n) is 3.09. The van der Waals surface area contributed by atoms with Crippen LogP contribution >= 0.6 is 35.3 Å². The third-order valence-corrected chi connectivity index (χ3v) is 5.52. The number of halogens is 1. The van der Waals surface area contributed by atoms with Crippen LogP contribution in [0.4, 0.5) is 0 Å². The maximum Gasteiger partial charge on any atom is 0.191 e. The summed E-state index contributed by atoms with van der Waals surface area (Å²) in [6.07, 6.45) is 3.84. The summed E-state index contributed by atoms with van der Waals surface area (Å²) in [5, 5.41) is 8.02. The van der Waals surface area contributed by atoms with Gasteiger partial charge in [-0.05, 0) is 58.7 Å². The minimum atomic E-state index is 0. The Bertz CT molecular complexity index is 509. The number of aryl methyl sites for hydroxylation is 2. The molecule has 1 aliphatic rings. The zero-order valence-corrected chi connectivity index (χ0v) is 18.5. The van der Waals surface area contributed by atoms with E-state index in [0.29, 0.717) is 0 Å². The molecule has 2 heterocycles. The first-order valence-corrected chi connectivity index (χ1v) is 9.53. The molecule has 7 heteroatoms. The molecule has 138 valence electrons. The van der Waals surface area contributed by atoms with Gasteiger partial charge in [0.05, 0.1) is 17.2 Å². The van der Waals surface area contributed by atoms with Crippen LogP contribution in [0.2, 0.25) is 0 Å². The lowest BCUT2D eigenvalue weighted by atomic mass is 9.97. The molecule has 1 aromatic heterocycles. The molecule has 0 spiro atoms. The number of nitrogens with zero attached hydrogens (tertiary/aromatic N) is 3. The molecule has 0 unspecified atom stereocenters. The first-order chi connectivity index (χ1) is 11.1. The van der Waals surface area contributed by atoms with E-state index >= 15 is 0 Å². The van der Waals surface area contributed by atoms with E-state index in [1.54, 1.807) is 11.3 Å². The van der Waals surface area contributed by atoms with Crippen molar-refractivity contribution in [2.45, 2.75) is 46.6 Å². The quantitative estimate of drug-likeness (QED) is 0.385. The molecule has 1 aromatic rings. The molecule has 0 bridgehead atoms. The number of piperidine rings is 1. The number of likely N-dealkylation sites (tertiary alicyclic amines) is 1. The van der Waals surface area contributed by atoms with Crippen molar-refractivity contribution < 1.29 is 0 Å². The summed E-state index contributed by atoms with van der Waals surface area (Å²) < 4.78 is 0. The van der Waals surface area contributed by atoms with Crippen LogP contribution in [0.3, 0.4) is 0 Å². The van der Waals surface area contributed by atoms with Crippen molar-refractivity contribution in [2.75, 3.05) is 33.2 Å². The predicted octanol–water partition coefficient (Wildman–Crippen LogP) is 3.16. The monoisotopic (exact) mass is 465 g/mol. The van der Waals surface area contributed by atoms with Crippen LogP contribution in [0.5, 0.6) is 0 Å². The highest BCUT2D eigenvalue weighted by molar-refractivity contribution is 14.0. The molecule has 24 heavy (non-hydrogen) atoms. The Hall–Kier alpha value is -0.410. The van der Waals surface area contributed by atoms with Gasteiger partial charge in [0, 0.05) is 18.5 Å². The van der Waals surface area contributed by atoms with E-state index in [9.17, 15) is 0 Å². The summed E-state index contributed by atoms with van der Waals surface area (Å²) in [7, 11) is 1.84. The molecule has 0 aliphatic carbocycles. The molecule has 0 aromatic carbocycles. The molecule has 1 saturated heterocycles. The summed E-state index contributed by atoms with van der Waals surface area (Å²) >= 11 is 1.76. The second kappa shape index (κ2) is 11.3. The van der Waals surface area contributed by atoms with Crippen molar-refractivity contribution in [3.8, 4) is 0 Å². The van der Waals surface area contributed by atoms with Crippen LogP contribution < -0.4 is 10.6 Å². The van der Waals surface area contributed by atoms with Gasteiger partial charge >= 0.3 is 0 Å². The zero-order chi connectivity index (χ0) is 16.7. The average molecular weight is 465 g/mol. The number of hydrogen-bond donors (Lipinski definition) is 2. The molecular weight excluding hydrogens is 433 g/mol. The van der Waals surface area contributed by atoms with Crippen molar-refractivity contribution >= 4 is 41.3 Å². The maximum absolute atomic E-state index is 4.47. The summed E-state index contributed by atoms with van der Waals surface area (Å²) in [6, 6.07) is 0. The summed E-state index contributed by atoms with van der Waals surface area (Å²) in [5.41, 5.74) is 1.12. The van der Waals surface area contributed by atoms with Gasteiger partial charge in [-0.2, -0.15) is 0 Å². The topological polar surface area (TPSA) is 52.5 Å². The van der Waals surface area contributed by atoms with E-state index in [2.05, 4.69) is 46.3 Å². The molecule has 1 aliphatic heterocycles. The van der Waals surface area contributed by atoms with Crippen molar-refractivity contribution in [3.05, 3.63) is 15.6 Å². The average Bonchev–Trinajstić information content (AvgIpc) is 2.87. The largest absolute Gasteiger partial charge is 0.356 e. The van der Waals surface area contributed by atoms with Gasteiger partial charge in [0.25, 0.3) is 0 Å². The van der Waals surface area contributed by atoms with Crippen LogP contribution in [-0.4, -0.2) is 49.1 Å². The molecule has 0 saturated carbocycles. The fourth-order valence-corrected chi connectivity index (χ4v) is 3.97. The number of hydrogen-bond acceptors (Lipinski definition) is 4. The van der Waals surface area contributed by atoms with Crippen molar-refractivity contribution in [2.24, 2.45) is 10.9 Å². The molecule has 5 nitrogen and oxygen atoms in total. The summed E-state index contributed by atoms with van der Waals surface area (Å²) in [5.74, 6) is 1.65. The van der Waals surface area contributed by atoms with Gasteiger partial charge in [0.2, 0.25) is 0 Å². The van der Waals surface area contributed by atoms with Gasteiger partial charge in [0.1, 0.15) is 0 Å². The second-order valence-corrected chi connectivity index (χ2v) is 7.62. The van der Waals surface area contributed by atoms with Crippen molar-refractivity contribution in [1.82, 2.24) is 20.5 Å². The van der Waals surface area contributed by atoms with E-state index in [1.807, 2.05) is 7.05 Å². The van der Waals surface area contributed by atoms with E-state index in [4.69, 9.17) is 0 Å². The molecule has 1 fully saturated rings. The van der Waals surface area contributed by atoms with Crippen molar-refractivity contribution in [3.63, 3.8) is 0 Å². The lowest BCUT2D eigenvalue weighted by Gasteiger charge is -2.32. The predicted molar refractivity (Wildman–Crippen MR) is 115 cm³/mol. The molecular formula is C17H32IN5S. The normalized spacial score (nSPS) is 16.8. The molecule has 2 N–H and O–H groups in total. The number of guanidine groups is 1. The van der Waals surface area contributed by atoms with Crippen molar-refractivity contribution in [1.29, 1.82) is 0 Å². The summed E-state index contributed by atoms with van der Waals surface area (Å²) in [4.78, 5) is 12.7. The van der Waals surface area contributed by atoms with E-state index in [1.165, 1.54) is 43.8 Å². The highest BCUT2D eigenvalue weighted by Crippen LogP contribution is 2.17. The van der Waals surface area contributed by atoms with Crippen LogP contribution in [0.1, 0.15) is 41.8 Å². The summed E-state index contributed by atoms with van der Waals surface area (Å²) in [6.45, 7) is 11.9. The Morgan fingerprint density at radius 3 is 2.54 bits per heavy atom. The third-order valence-electron chi connectivity index (χ3n) is 4.44. The minimum absolute atomic E-state index is 0. The van der Waals surface area contributed by atoms with Gasteiger partial charge in [-0.1, -0.05) is 6.92 Å². The highest BCUT2D eigenvalue weighted by Gasteiger charge is 2.18. The minimum Gasteiger partial charge on any atom is -0.356 e. The van der Waals surface area contributed by atoms with Gasteiger partial charge in [-0.15, -0.1) is 35.3 Å². The van der Waals surface area contributed by atoms with E-state index in [-0.39, 0.29) is 24.0 Å². The van der Waals surface area contributed by atoms with E-state index in [0.717, 1.165) is 35.7 Å². The van der Waals surface area contributed by atoms with Crippen LogP contribution in [0, 0.1) is 19.8 Å². The Morgan fingerprint density at radius 2 is 2.00 bits per heavy atom. The van der Waals surface area contributed by atoms with Crippen LogP contribution in [-0.2, 0) is 6.54 Å². The van der Waals surface area contributed by atoms with E-state index < -0.39 is 0 Å². The number of aromatic nitrogens is 1. The molecule has 0 amide bonds. The molecule has 0 radical (unpaired) electrons. The van der Waals surface area contributed by atoms with Crippen LogP contribution in [0.25, 0.3) is 0 Å². The van der Waals surface area contributed by atoms with Gasteiger partial charge in [-0.3, -0.25) is 4.99 Å². The Morgan fingerprint density at radius 1 is 1.29 bits per heavy atom.